The van der Waals surface area contributed by atoms with Crippen LogP contribution in [0.2, 0.25) is 0 Å². The van der Waals surface area contributed by atoms with E-state index in [0.29, 0.717) is 0 Å². The molecular weight excluding hydrogens is 208 g/mol. The van der Waals surface area contributed by atoms with Gasteiger partial charge in [-0.05, 0) is 39.8 Å². The smallest absolute Gasteiger partial charge is 0.0125 e. The van der Waals surface area contributed by atoms with Gasteiger partial charge in [-0.15, -0.1) is 0 Å². The molecule has 17 heavy (non-hydrogen) atoms. The lowest BCUT2D eigenvalue weighted by molar-refractivity contribution is -0.0169. The molecule has 0 aromatic heterocycles. The molecule has 2 aliphatic heterocycles. The molecule has 1 saturated carbocycles. The van der Waals surface area contributed by atoms with E-state index in [2.05, 4.69) is 48.6 Å². The van der Waals surface area contributed by atoms with Gasteiger partial charge in [-0.25, -0.2) is 0 Å². The van der Waals surface area contributed by atoms with Gasteiger partial charge >= 0.3 is 0 Å². The van der Waals surface area contributed by atoms with Crippen LogP contribution in [0, 0.1) is 0 Å². The van der Waals surface area contributed by atoms with Crippen molar-refractivity contribution >= 4 is 0 Å². The Kier molecular flexibility index (Phi) is 6.53. The first-order valence-corrected chi connectivity index (χ1v) is 7.02. The number of allylic oxidation sites excluding steroid dienone is 4. The van der Waals surface area contributed by atoms with Gasteiger partial charge in [0, 0.05) is 18.1 Å². The first-order chi connectivity index (χ1) is 8.31. The van der Waals surface area contributed by atoms with E-state index in [1.54, 1.807) is 0 Å². The van der Waals surface area contributed by atoms with E-state index in [1.165, 1.54) is 19.3 Å². The molecule has 2 heteroatoms. The van der Waals surface area contributed by atoms with Crippen LogP contribution in [0.15, 0.2) is 24.3 Å². The van der Waals surface area contributed by atoms with E-state index in [1.807, 2.05) is 13.8 Å². The lowest BCUT2D eigenvalue weighted by Crippen LogP contribution is -2.61. The fraction of sp³-hybridized carbons (Fsp3) is 0.733. The summed E-state index contributed by atoms with van der Waals surface area (Å²) < 4.78 is 0. The van der Waals surface area contributed by atoms with Crippen LogP contribution in [0.3, 0.4) is 0 Å². The van der Waals surface area contributed by atoms with Gasteiger partial charge in [-0.2, -0.15) is 0 Å². The Bertz CT molecular complexity index is 236. The Labute approximate surface area is 107 Å². The van der Waals surface area contributed by atoms with Gasteiger partial charge in [-0.1, -0.05) is 38.2 Å². The predicted molar refractivity (Wildman–Crippen MR) is 76.3 cm³/mol. The van der Waals surface area contributed by atoms with Crippen molar-refractivity contribution in [3.63, 3.8) is 0 Å². The number of nitrogens with zero attached hydrogens (tertiary/aromatic N) is 1. The van der Waals surface area contributed by atoms with Crippen LogP contribution >= 0.6 is 0 Å². The number of hydrogen-bond acceptors (Lipinski definition) is 2. The zero-order chi connectivity index (χ0) is 12.7. The highest BCUT2D eigenvalue weighted by atomic mass is 15.2. The van der Waals surface area contributed by atoms with Crippen LogP contribution in [-0.2, 0) is 0 Å². The molecule has 2 heterocycles. The predicted octanol–water partition coefficient (Wildman–Crippen LogP) is 2.97. The fourth-order valence-corrected chi connectivity index (χ4v) is 2.71. The molecule has 2 aliphatic carbocycles. The van der Waals surface area contributed by atoms with E-state index in [4.69, 9.17) is 0 Å². The average molecular weight is 236 g/mol. The quantitative estimate of drug-likeness (QED) is 0.753. The normalized spacial score (nSPS) is 33.1. The van der Waals surface area contributed by atoms with Crippen LogP contribution in [0.4, 0.5) is 0 Å². The summed E-state index contributed by atoms with van der Waals surface area (Å²) in [5.74, 6) is 0. The molecule has 3 fully saturated rings. The molecule has 0 aromatic carbocycles. The van der Waals surface area contributed by atoms with Crippen LogP contribution in [0.5, 0.6) is 0 Å². The third-order valence-corrected chi connectivity index (χ3v) is 3.87. The van der Waals surface area contributed by atoms with E-state index >= 15 is 0 Å². The summed E-state index contributed by atoms with van der Waals surface area (Å²) in [6.45, 7) is 4.00. The first-order valence-electron chi connectivity index (χ1n) is 7.02. The van der Waals surface area contributed by atoms with Gasteiger partial charge in [0.05, 0.1) is 0 Å². The Morgan fingerprint density at radius 3 is 1.82 bits per heavy atom. The first kappa shape index (κ1) is 14.5. The minimum atomic E-state index is 0.806. The Hall–Kier alpha value is -0.600. The summed E-state index contributed by atoms with van der Waals surface area (Å²) in [5.41, 5.74) is 0. The standard InChI is InChI=1S/C8H16N2.C5H6.C2H6/c1-9-6-3-7-5-8(4-6)10(7)2;1-2-4-5-3-1;1-2/h6-9H,3-5H2,1-2H3;1-4H,5H2;1-2H3. The lowest BCUT2D eigenvalue weighted by Gasteiger charge is -2.53. The van der Waals surface area contributed by atoms with Gasteiger partial charge in [0.2, 0.25) is 0 Å². The summed E-state index contributed by atoms with van der Waals surface area (Å²) in [6.07, 6.45) is 13.7. The van der Waals surface area contributed by atoms with Crippen LogP contribution in [0.1, 0.15) is 39.5 Å². The molecule has 2 bridgehead atoms. The second kappa shape index (κ2) is 7.67. The van der Waals surface area contributed by atoms with Crippen LogP contribution < -0.4 is 5.32 Å². The van der Waals surface area contributed by atoms with Crippen molar-refractivity contribution in [2.75, 3.05) is 14.1 Å². The third-order valence-electron chi connectivity index (χ3n) is 3.87. The SMILES string of the molecule is C1=CCC=C1.CC.CNC1CC2CC(C1)N2C. The zero-order valence-corrected chi connectivity index (χ0v) is 11.8. The van der Waals surface area contributed by atoms with Crippen molar-refractivity contribution in [2.45, 2.75) is 57.7 Å². The molecule has 0 spiro atoms. The highest BCUT2D eigenvalue weighted by Crippen LogP contribution is 2.36. The van der Waals surface area contributed by atoms with Crippen molar-refractivity contribution in [1.29, 1.82) is 0 Å². The average Bonchev–Trinajstić information content (AvgIpc) is 2.99. The van der Waals surface area contributed by atoms with Crippen molar-refractivity contribution in [1.82, 2.24) is 10.2 Å². The van der Waals surface area contributed by atoms with E-state index < -0.39 is 0 Å². The Balaban J connectivity index is 0.000000175. The lowest BCUT2D eigenvalue weighted by atomic mass is 9.77. The summed E-state index contributed by atoms with van der Waals surface area (Å²) in [7, 11) is 4.33. The van der Waals surface area contributed by atoms with Crippen LogP contribution in [-0.4, -0.2) is 37.1 Å². The van der Waals surface area contributed by atoms with Gasteiger partial charge in [0.1, 0.15) is 0 Å². The molecule has 1 N–H and O–H groups in total. The van der Waals surface area contributed by atoms with E-state index in [-0.39, 0.29) is 0 Å². The monoisotopic (exact) mass is 236 g/mol. The molecule has 2 saturated heterocycles. The number of fused-ring (bicyclic) bond motifs is 2. The van der Waals surface area contributed by atoms with Crippen molar-refractivity contribution in [3.8, 4) is 0 Å². The number of nitrogens with one attached hydrogen (secondary N) is 1. The maximum Gasteiger partial charge on any atom is 0.0125 e. The summed E-state index contributed by atoms with van der Waals surface area (Å²) in [4.78, 5) is 2.52. The van der Waals surface area contributed by atoms with Crippen molar-refractivity contribution < 1.29 is 0 Å². The molecule has 2 atom stereocenters. The van der Waals surface area contributed by atoms with Crippen LogP contribution in [0.25, 0.3) is 0 Å². The topological polar surface area (TPSA) is 15.3 Å². The van der Waals surface area contributed by atoms with E-state index in [0.717, 1.165) is 24.5 Å². The van der Waals surface area contributed by atoms with E-state index in [9.17, 15) is 0 Å². The minimum absolute atomic E-state index is 0.806. The van der Waals surface area contributed by atoms with Gasteiger partial charge in [0.25, 0.3) is 0 Å². The second-order valence-corrected chi connectivity index (χ2v) is 4.76. The van der Waals surface area contributed by atoms with Crippen molar-refractivity contribution in [2.24, 2.45) is 0 Å². The minimum Gasteiger partial charge on any atom is -0.317 e. The maximum absolute atomic E-state index is 3.36. The number of rotatable bonds is 1. The molecular formula is C15H28N2. The molecule has 0 amide bonds. The summed E-state index contributed by atoms with van der Waals surface area (Å²) in [6, 6.07) is 2.60. The number of hydrogen-bond donors (Lipinski definition) is 1. The molecule has 0 aromatic rings. The highest BCUT2D eigenvalue weighted by molar-refractivity contribution is 5.12. The van der Waals surface area contributed by atoms with Gasteiger partial charge < -0.3 is 10.2 Å². The molecule has 0 radical (unpaired) electrons. The Morgan fingerprint density at radius 1 is 1.00 bits per heavy atom. The fourth-order valence-electron chi connectivity index (χ4n) is 2.71. The maximum atomic E-state index is 3.36. The summed E-state index contributed by atoms with van der Waals surface area (Å²) in [5, 5.41) is 3.36. The molecule has 2 unspecified atom stereocenters. The molecule has 2 nitrogen and oxygen atoms in total. The number of piperidine rings is 1. The van der Waals surface area contributed by atoms with Crippen molar-refractivity contribution in [3.05, 3.63) is 24.3 Å². The third kappa shape index (κ3) is 3.97. The largest absolute Gasteiger partial charge is 0.317 e. The van der Waals surface area contributed by atoms with Gasteiger partial charge in [0.15, 0.2) is 0 Å². The van der Waals surface area contributed by atoms with Gasteiger partial charge in [-0.3, -0.25) is 0 Å². The molecule has 98 valence electrons. The Morgan fingerprint density at radius 2 is 1.53 bits per heavy atom. The summed E-state index contributed by atoms with van der Waals surface area (Å²) >= 11 is 0. The molecule has 4 aliphatic rings. The highest BCUT2D eigenvalue weighted by Gasteiger charge is 2.42. The zero-order valence-electron chi connectivity index (χ0n) is 11.8. The molecule has 4 rings (SSSR count). The second-order valence-electron chi connectivity index (χ2n) is 4.76.